The predicted octanol–water partition coefficient (Wildman–Crippen LogP) is 2.56. The third-order valence-corrected chi connectivity index (χ3v) is 4.53. The molecule has 5 nitrogen and oxygen atoms in total. The molecule has 1 saturated carbocycles. The number of methoxy groups -OCH3 is 1. The van der Waals surface area contributed by atoms with Gasteiger partial charge in [0.05, 0.1) is 6.10 Å². The van der Waals surface area contributed by atoms with E-state index >= 15 is 0 Å². The summed E-state index contributed by atoms with van der Waals surface area (Å²) in [7, 11) is 1.70. The number of anilines is 1. The zero-order valence-corrected chi connectivity index (χ0v) is 12.5. The first-order valence-corrected chi connectivity index (χ1v) is 7.04. The number of nitrogens with two attached hydrogens (primary N) is 1. The molecule has 3 rings (SSSR count). The van der Waals surface area contributed by atoms with Crippen molar-refractivity contribution in [2.45, 2.75) is 32.4 Å². The fourth-order valence-corrected chi connectivity index (χ4v) is 2.93. The second-order valence-corrected chi connectivity index (χ2v) is 6.22. The standard InChI is InChI=1S/C16H20N2O3/c1-16(2)13(8-14(16)20-3)18-15(19)12-7-9-6-10(17)4-5-11(9)21-12/h4-7,13-14H,8,17H2,1-3H3,(H,18,19). The number of benzene rings is 1. The molecule has 1 aromatic heterocycles. The van der Waals surface area contributed by atoms with Crippen LogP contribution in [0, 0.1) is 5.41 Å². The molecule has 21 heavy (non-hydrogen) atoms. The van der Waals surface area contributed by atoms with Crippen LogP contribution in [0.5, 0.6) is 0 Å². The molecule has 3 N–H and O–H groups in total. The number of hydrogen-bond acceptors (Lipinski definition) is 4. The van der Waals surface area contributed by atoms with Crippen molar-refractivity contribution >= 4 is 22.6 Å². The van der Waals surface area contributed by atoms with Crippen LogP contribution in [0.25, 0.3) is 11.0 Å². The highest BCUT2D eigenvalue weighted by Crippen LogP contribution is 2.42. The number of carbonyl (C=O) groups excluding carboxylic acids is 1. The molecule has 1 amide bonds. The van der Waals surface area contributed by atoms with Crippen molar-refractivity contribution in [3.63, 3.8) is 0 Å². The summed E-state index contributed by atoms with van der Waals surface area (Å²) in [6.45, 7) is 4.18. The summed E-state index contributed by atoms with van der Waals surface area (Å²) in [6.07, 6.45) is 1.00. The van der Waals surface area contributed by atoms with Crippen molar-refractivity contribution in [1.82, 2.24) is 5.32 Å². The van der Waals surface area contributed by atoms with Crippen LogP contribution in [-0.2, 0) is 4.74 Å². The first kappa shape index (κ1) is 13.9. The van der Waals surface area contributed by atoms with Crippen molar-refractivity contribution in [3.05, 3.63) is 30.0 Å². The Hall–Kier alpha value is -2.01. The minimum atomic E-state index is -0.197. The fraction of sp³-hybridized carbons (Fsp3) is 0.438. The number of hydrogen-bond donors (Lipinski definition) is 2. The smallest absolute Gasteiger partial charge is 0.287 e. The first-order chi connectivity index (χ1) is 9.91. The predicted molar refractivity (Wildman–Crippen MR) is 81.1 cm³/mol. The Morgan fingerprint density at radius 2 is 2.19 bits per heavy atom. The molecule has 1 aliphatic rings. The van der Waals surface area contributed by atoms with Crippen LogP contribution in [-0.4, -0.2) is 25.2 Å². The number of ether oxygens (including phenoxy) is 1. The lowest BCUT2D eigenvalue weighted by atomic mass is 9.64. The number of carbonyl (C=O) groups is 1. The van der Waals surface area contributed by atoms with Gasteiger partial charge in [-0.2, -0.15) is 0 Å². The zero-order valence-electron chi connectivity index (χ0n) is 12.5. The third kappa shape index (κ3) is 2.27. The van der Waals surface area contributed by atoms with Crippen molar-refractivity contribution in [3.8, 4) is 0 Å². The van der Waals surface area contributed by atoms with Crippen LogP contribution in [0.3, 0.4) is 0 Å². The van der Waals surface area contributed by atoms with Crippen molar-refractivity contribution in [2.24, 2.45) is 5.41 Å². The molecule has 2 atom stereocenters. The molecule has 0 bridgehead atoms. The maximum Gasteiger partial charge on any atom is 0.287 e. The molecular formula is C16H20N2O3. The SMILES string of the molecule is COC1CC(NC(=O)c2cc3cc(N)ccc3o2)C1(C)C. The average molecular weight is 288 g/mol. The first-order valence-electron chi connectivity index (χ1n) is 7.04. The van der Waals surface area contributed by atoms with E-state index in [1.54, 1.807) is 31.4 Å². The summed E-state index contributed by atoms with van der Waals surface area (Å²) in [5.74, 6) is 0.115. The van der Waals surface area contributed by atoms with E-state index in [1.807, 2.05) is 0 Å². The molecule has 1 fully saturated rings. The Balaban J connectivity index is 1.76. The molecule has 0 radical (unpaired) electrons. The van der Waals surface area contributed by atoms with E-state index in [9.17, 15) is 4.79 Å². The number of fused-ring (bicyclic) bond motifs is 1. The minimum Gasteiger partial charge on any atom is -0.451 e. The zero-order chi connectivity index (χ0) is 15.2. The van der Waals surface area contributed by atoms with Gasteiger partial charge in [0.2, 0.25) is 0 Å². The molecule has 0 saturated heterocycles. The highest BCUT2D eigenvalue weighted by molar-refractivity contribution is 5.96. The highest BCUT2D eigenvalue weighted by Gasteiger charge is 2.49. The van der Waals surface area contributed by atoms with Gasteiger partial charge in [0, 0.05) is 29.6 Å². The van der Waals surface area contributed by atoms with Gasteiger partial charge in [0.1, 0.15) is 5.58 Å². The van der Waals surface area contributed by atoms with Gasteiger partial charge in [-0.1, -0.05) is 13.8 Å². The van der Waals surface area contributed by atoms with Crippen molar-refractivity contribution < 1.29 is 13.9 Å². The molecule has 1 aromatic carbocycles. The topological polar surface area (TPSA) is 77.5 Å². The molecule has 112 valence electrons. The highest BCUT2D eigenvalue weighted by atomic mass is 16.5. The Labute approximate surface area is 123 Å². The molecule has 1 aliphatic carbocycles. The van der Waals surface area contributed by atoms with Gasteiger partial charge < -0.3 is 20.2 Å². The van der Waals surface area contributed by atoms with E-state index in [-0.39, 0.29) is 23.5 Å². The number of furan rings is 1. The number of nitrogens with one attached hydrogen (secondary N) is 1. The Morgan fingerprint density at radius 3 is 2.86 bits per heavy atom. The molecule has 2 aromatic rings. The van der Waals surface area contributed by atoms with Gasteiger partial charge in [-0.25, -0.2) is 0 Å². The Kier molecular flexibility index (Phi) is 3.17. The van der Waals surface area contributed by atoms with Gasteiger partial charge in [-0.3, -0.25) is 4.79 Å². The van der Waals surface area contributed by atoms with E-state index < -0.39 is 0 Å². The summed E-state index contributed by atoms with van der Waals surface area (Å²) >= 11 is 0. The van der Waals surface area contributed by atoms with Crippen molar-refractivity contribution in [1.29, 1.82) is 0 Å². The van der Waals surface area contributed by atoms with Crippen LogP contribution < -0.4 is 11.1 Å². The summed E-state index contributed by atoms with van der Waals surface area (Å²) in [5, 5.41) is 3.85. The lowest BCUT2D eigenvalue weighted by Crippen LogP contribution is -2.61. The second kappa shape index (κ2) is 4.77. The van der Waals surface area contributed by atoms with Gasteiger partial charge in [-0.15, -0.1) is 0 Å². The summed E-state index contributed by atoms with van der Waals surface area (Å²) in [6, 6.07) is 7.14. The van der Waals surface area contributed by atoms with E-state index in [0.717, 1.165) is 11.8 Å². The molecule has 1 heterocycles. The van der Waals surface area contributed by atoms with Crippen LogP contribution in [0.1, 0.15) is 30.8 Å². The van der Waals surface area contributed by atoms with E-state index in [1.165, 1.54) is 0 Å². The lowest BCUT2D eigenvalue weighted by molar-refractivity contribution is -0.0943. The summed E-state index contributed by atoms with van der Waals surface area (Å²) < 4.78 is 11.0. The molecule has 0 aliphatic heterocycles. The van der Waals surface area contributed by atoms with Gasteiger partial charge in [-0.05, 0) is 30.7 Å². The largest absolute Gasteiger partial charge is 0.451 e. The van der Waals surface area contributed by atoms with Gasteiger partial charge in [0.15, 0.2) is 5.76 Å². The molecule has 0 spiro atoms. The minimum absolute atomic E-state index is 0.0686. The van der Waals surface area contributed by atoms with E-state index in [0.29, 0.717) is 17.0 Å². The van der Waals surface area contributed by atoms with Crippen LogP contribution >= 0.6 is 0 Å². The number of rotatable bonds is 3. The lowest BCUT2D eigenvalue weighted by Gasteiger charge is -2.51. The molecule has 2 unspecified atom stereocenters. The van der Waals surface area contributed by atoms with Crippen LogP contribution in [0.15, 0.2) is 28.7 Å². The van der Waals surface area contributed by atoms with E-state index in [4.69, 9.17) is 14.9 Å². The van der Waals surface area contributed by atoms with Crippen LogP contribution in [0.4, 0.5) is 5.69 Å². The van der Waals surface area contributed by atoms with Crippen LogP contribution in [0.2, 0.25) is 0 Å². The average Bonchev–Trinajstić information content (AvgIpc) is 2.85. The number of nitrogen functional groups attached to an aromatic ring is 1. The normalized spacial score (nSPS) is 23.8. The summed E-state index contributed by atoms with van der Waals surface area (Å²) in [5.41, 5.74) is 6.98. The van der Waals surface area contributed by atoms with Gasteiger partial charge >= 0.3 is 0 Å². The second-order valence-electron chi connectivity index (χ2n) is 6.22. The maximum atomic E-state index is 12.3. The third-order valence-electron chi connectivity index (χ3n) is 4.53. The van der Waals surface area contributed by atoms with E-state index in [2.05, 4.69) is 19.2 Å². The summed E-state index contributed by atoms with van der Waals surface area (Å²) in [4.78, 5) is 12.3. The molecule has 5 heteroatoms. The Morgan fingerprint density at radius 1 is 1.43 bits per heavy atom. The Bertz CT molecular complexity index is 690. The van der Waals surface area contributed by atoms with Crippen molar-refractivity contribution in [2.75, 3.05) is 12.8 Å². The molecular weight excluding hydrogens is 268 g/mol. The monoisotopic (exact) mass is 288 g/mol. The fourth-order valence-electron chi connectivity index (χ4n) is 2.93. The maximum absolute atomic E-state index is 12.3. The quantitative estimate of drug-likeness (QED) is 0.851. The number of amides is 1. The van der Waals surface area contributed by atoms with Gasteiger partial charge in [0.25, 0.3) is 5.91 Å².